The highest BCUT2D eigenvalue weighted by Gasteiger charge is 2.22. The number of carbonyl (C=O) groups excluding carboxylic acids is 3. The fourth-order valence-electron chi connectivity index (χ4n) is 3.34. The number of nitrogens with one attached hydrogen (secondary N) is 2. The van der Waals surface area contributed by atoms with Gasteiger partial charge in [-0.05, 0) is 62.2 Å². The molecule has 1 aromatic heterocycles. The minimum Gasteiger partial charge on any atom is -0.459 e. The number of amides is 3. The Balaban J connectivity index is 1.32. The predicted molar refractivity (Wildman–Crippen MR) is 104 cm³/mol. The van der Waals surface area contributed by atoms with E-state index in [9.17, 15) is 18.8 Å². The molecule has 7 nitrogen and oxygen atoms in total. The monoisotopic (exact) mass is 401 g/mol. The van der Waals surface area contributed by atoms with E-state index in [0.717, 1.165) is 38.9 Å². The molecule has 8 heteroatoms. The molecular formula is C21H24FN3O4. The molecule has 2 N–H and O–H groups in total. The van der Waals surface area contributed by atoms with Crippen LogP contribution in [0.2, 0.25) is 0 Å². The average molecular weight is 401 g/mol. The van der Waals surface area contributed by atoms with Gasteiger partial charge in [-0.25, -0.2) is 9.18 Å². The fourth-order valence-corrected chi connectivity index (χ4v) is 3.34. The Bertz CT molecular complexity index is 828. The first-order valence-corrected chi connectivity index (χ1v) is 9.68. The lowest BCUT2D eigenvalue weighted by molar-refractivity contribution is 0.0931. The van der Waals surface area contributed by atoms with Crippen molar-refractivity contribution in [2.24, 2.45) is 0 Å². The van der Waals surface area contributed by atoms with Crippen LogP contribution >= 0.6 is 0 Å². The molecule has 1 saturated heterocycles. The summed E-state index contributed by atoms with van der Waals surface area (Å²) in [6.45, 7) is 2.41. The van der Waals surface area contributed by atoms with Crippen molar-refractivity contribution >= 4 is 17.7 Å². The third kappa shape index (κ3) is 6.25. The van der Waals surface area contributed by atoms with Gasteiger partial charge in [-0.2, -0.15) is 0 Å². The first kappa shape index (κ1) is 20.7. The van der Waals surface area contributed by atoms with Crippen LogP contribution in [0.5, 0.6) is 0 Å². The standard InChI is InChI=1S/C21H24FN3O4/c22-16-7-5-15(6-8-16)18(26)3-1-11-25-12-9-17(10-13-25)23-21(28)24-20(27)19-4-2-14-29-19/h2,4-8,14,17H,1,3,9-13H2,(H2,23,24,27,28). The SMILES string of the molecule is O=C(NC(=O)c1ccco1)NC1CCN(CCCC(=O)c2ccc(F)cc2)CC1. The Morgan fingerprint density at radius 2 is 1.83 bits per heavy atom. The summed E-state index contributed by atoms with van der Waals surface area (Å²) in [6, 6.07) is 8.14. The van der Waals surface area contributed by atoms with Gasteiger partial charge < -0.3 is 14.6 Å². The number of ketones is 1. The van der Waals surface area contributed by atoms with Crippen molar-refractivity contribution in [1.29, 1.82) is 0 Å². The van der Waals surface area contributed by atoms with Gasteiger partial charge in [0.15, 0.2) is 11.5 Å². The summed E-state index contributed by atoms with van der Waals surface area (Å²) in [4.78, 5) is 38.1. The maximum atomic E-state index is 12.9. The zero-order valence-corrected chi connectivity index (χ0v) is 16.0. The van der Waals surface area contributed by atoms with Crippen LogP contribution in [0.3, 0.4) is 0 Å². The second-order valence-electron chi connectivity index (χ2n) is 7.05. The largest absolute Gasteiger partial charge is 0.459 e. The van der Waals surface area contributed by atoms with Crippen molar-refractivity contribution in [2.45, 2.75) is 31.7 Å². The van der Waals surface area contributed by atoms with Crippen molar-refractivity contribution in [3.05, 3.63) is 59.8 Å². The minimum absolute atomic E-state index is 0.00324. The number of imide groups is 1. The quantitative estimate of drug-likeness (QED) is 0.696. The van der Waals surface area contributed by atoms with E-state index in [4.69, 9.17) is 4.42 Å². The van der Waals surface area contributed by atoms with Crippen LogP contribution in [0.1, 0.15) is 46.6 Å². The van der Waals surface area contributed by atoms with Gasteiger partial charge in [-0.1, -0.05) is 0 Å². The Labute approximate surface area is 168 Å². The normalized spacial score (nSPS) is 15.1. The number of Topliss-reactive ketones (excluding diaryl/α,β-unsaturated/α-hetero) is 1. The molecule has 1 fully saturated rings. The number of hydrogen-bond donors (Lipinski definition) is 2. The Morgan fingerprint density at radius 3 is 2.48 bits per heavy atom. The molecule has 1 aliphatic heterocycles. The van der Waals surface area contributed by atoms with Gasteiger partial charge in [0.2, 0.25) is 0 Å². The lowest BCUT2D eigenvalue weighted by Crippen LogP contribution is -2.49. The molecule has 1 aromatic carbocycles. The van der Waals surface area contributed by atoms with Crippen LogP contribution in [0.15, 0.2) is 47.1 Å². The van der Waals surface area contributed by atoms with E-state index in [0.29, 0.717) is 12.0 Å². The highest BCUT2D eigenvalue weighted by molar-refractivity contribution is 6.02. The Hall–Kier alpha value is -3.00. The lowest BCUT2D eigenvalue weighted by Gasteiger charge is -2.32. The molecule has 154 valence electrons. The predicted octanol–water partition coefficient (Wildman–Crippen LogP) is 2.99. The lowest BCUT2D eigenvalue weighted by atomic mass is 10.0. The van der Waals surface area contributed by atoms with E-state index in [2.05, 4.69) is 15.5 Å². The van der Waals surface area contributed by atoms with E-state index in [1.54, 1.807) is 6.07 Å². The van der Waals surface area contributed by atoms with Gasteiger partial charge >= 0.3 is 6.03 Å². The highest BCUT2D eigenvalue weighted by atomic mass is 19.1. The second kappa shape index (κ2) is 9.97. The molecule has 0 saturated carbocycles. The van der Waals surface area contributed by atoms with Gasteiger partial charge in [0.25, 0.3) is 5.91 Å². The number of furan rings is 1. The molecule has 2 heterocycles. The second-order valence-corrected chi connectivity index (χ2v) is 7.05. The molecule has 2 aromatic rings. The molecule has 0 bridgehead atoms. The van der Waals surface area contributed by atoms with Crippen LogP contribution in [0.4, 0.5) is 9.18 Å². The molecule has 3 amide bonds. The highest BCUT2D eigenvalue weighted by Crippen LogP contribution is 2.13. The van der Waals surface area contributed by atoms with Crippen LogP contribution in [0.25, 0.3) is 0 Å². The van der Waals surface area contributed by atoms with E-state index in [1.165, 1.54) is 36.6 Å². The number of rotatable bonds is 7. The summed E-state index contributed by atoms with van der Waals surface area (Å²) < 4.78 is 17.9. The summed E-state index contributed by atoms with van der Waals surface area (Å²) in [6.07, 6.45) is 4.06. The van der Waals surface area contributed by atoms with Crippen molar-refractivity contribution in [3.63, 3.8) is 0 Å². The van der Waals surface area contributed by atoms with Crippen LogP contribution in [-0.4, -0.2) is 48.3 Å². The first-order valence-electron chi connectivity index (χ1n) is 9.68. The third-order valence-electron chi connectivity index (χ3n) is 4.94. The summed E-state index contributed by atoms with van der Waals surface area (Å²) in [5, 5.41) is 5.06. The number of urea groups is 1. The first-order chi connectivity index (χ1) is 14.0. The Kier molecular flexibility index (Phi) is 7.13. The molecule has 0 unspecified atom stereocenters. The number of hydrogen-bond acceptors (Lipinski definition) is 5. The van der Waals surface area contributed by atoms with E-state index >= 15 is 0 Å². The van der Waals surface area contributed by atoms with Gasteiger partial charge in [-0.15, -0.1) is 0 Å². The van der Waals surface area contributed by atoms with E-state index in [1.807, 2.05) is 0 Å². The molecule has 29 heavy (non-hydrogen) atoms. The summed E-state index contributed by atoms with van der Waals surface area (Å²) in [7, 11) is 0. The minimum atomic E-state index is -0.573. The number of piperidine rings is 1. The summed E-state index contributed by atoms with van der Waals surface area (Å²) >= 11 is 0. The van der Waals surface area contributed by atoms with Gasteiger partial charge in [0.05, 0.1) is 6.26 Å². The van der Waals surface area contributed by atoms with Gasteiger partial charge in [-0.3, -0.25) is 14.9 Å². The molecule has 1 aliphatic rings. The van der Waals surface area contributed by atoms with Crippen molar-refractivity contribution < 1.29 is 23.2 Å². The number of halogens is 1. The molecule has 0 spiro atoms. The molecular weight excluding hydrogens is 377 g/mol. The third-order valence-corrected chi connectivity index (χ3v) is 4.94. The number of nitrogens with zero attached hydrogens (tertiary/aromatic N) is 1. The number of benzene rings is 1. The topological polar surface area (TPSA) is 91.7 Å². The van der Waals surface area contributed by atoms with Crippen LogP contribution in [-0.2, 0) is 0 Å². The smallest absolute Gasteiger partial charge is 0.322 e. The molecule has 0 atom stereocenters. The van der Waals surface area contributed by atoms with Crippen molar-refractivity contribution in [3.8, 4) is 0 Å². The van der Waals surface area contributed by atoms with E-state index in [-0.39, 0.29) is 23.4 Å². The number of likely N-dealkylation sites (tertiary alicyclic amines) is 1. The zero-order valence-electron chi connectivity index (χ0n) is 16.0. The Morgan fingerprint density at radius 1 is 1.10 bits per heavy atom. The van der Waals surface area contributed by atoms with Gasteiger partial charge in [0, 0.05) is 31.1 Å². The summed E-state index contributed by atoms with van der Waals surface area (Å²) in [5.41, 5.74) is 0.532. The van der Waals surface area contributed by atoms with Crippen LogP contribution in [0, 0.1) is 5.82 Å². The molecule has 0 aliphatic carbocycles. The van der Waals surface area contributed by atoms with Crippen molar-refractivity contribution in [2.75, 3.05) is 19.6 Å². The fraction of sp³-hybridized carbons (Fsp3) is 0.381. The molecule has 3 rings (SSSR count). The van der Waals surface area contributed by atoms with Gasteiger partial charge in [0.1, 0.15) is 5.82 Å². The number of carbonyl (C=O) groups is 3. The maximum Gasteiger partial charge on any atom is 0.322 e. The van der Waals surface area contributed by atoms with Crippen LogP contribution < -0.4 is 10.6 Å². The van der Waals surface area contributed by atoms with E-state index < -0.39 is 11.9 Å². The van der Waals surface area contributed by atoms with Crippen molar-refractivity contribution in [1.82, 2.24) is 15.5 Å². The average Bonchev–Trinajstić information content (AvgIpc) is 3.25. The summed E-state index contributed by atoms with van der Waals surface area (Å²) in [5.74, 6) is -0.822. The molecule has 0 radical (unpaired) electrons. The maximum absolute atomic E-state index is 12.9. The zero-order chi connectivity index (χ0) is 20.6.